The Balaban J connectivity index is 0.00000120. The van der Waals surface area contributed by atoms with Crippen LogP contribution in [0.5, 0.6) is 0 Å². The van der Waals surface area contributed by atoms with Crippen molar-refractivity contribution in [3.63, 3.8) is 0 Å². The van der Waals surface area contributed by atoms with Gasteiger partial charge in [0, 0.05) is 0 Å². The van der Waals surface area contributed by atoms with Crippen molar-refractivity contribution in [2.75, 3.05) is 0 Å². The molecule has 84 valence electrons. The zero-order chi connectivity index (χ0) is 11.8. The molecular formula is C17H15Li. The summed E-state index contributed by atoms with van der Waals surface area (Å²) in [5.41, 5.74) is 5.36. The first kappa shape index (κ1) is 13.1. The standard InChI is InChI=1S/C17H15.Li/c1-12-10-15-9-8-13(2)17(16(15)11-12)14-6-4-3-5-7-14;/h3-11H,1-2H3;/q-1;+1. The molecule has 0 nitrogen and oxygen atoms in total. The molecule has 0 fully saturated rings. The molecule has 0 bridgehead atoms. The third kappa shape index (κ3) is 2.15. The minimum atomic E-state index is 0. The molecule has 3 aromatic rings. The maximum Gasteiger partial charge on any atom is 1.00 e. The number of rotatable bonds is 1. The second-order valence-corrected chi connectivity index (χ2v) is 4.66. The number of hydrogen-bond donors (Lipinski definition) is 0. The smallest absolute Gasteiger partial charge is 0.165 e. The van der Waals surface area contributed by atoms with Gasteiger partial charge in [-0.05, 0) is 12.5 Å². The van der Waals surface area contributed by atoms with Crippen molar-refractivity contribution in [2.45, 2.75) is 13.8 Å². The molecular weight excluding hydrogens is 211 g/mol. The van der Waals surface area contributed by atoms with E-state index < -0.39 is 0 Å². The van der Waals surface area contributed by atoms with Crippen LogP contribution in [0.2, 0.25) is 0 Å². The number of hydrogen-bond acceptors (Lipinski definition) is 0. The molecule has 18 heavy (non-hydrogen) atoms. The van der Waals surface area contributed by atoms with Crippen LogP contribution in [0.4, 0.5) is 0 Å². The van der Waals surface area contributed by atoms with Crippen LogP contribution >= 0.6 is 0 Å². The Labute approximate surface area is 120 Å². The topological polar surface area (TPSA) is 0 Å². The predicted octanol–water partition coefficient (Wildman–Crippen LogP) is 1.85. The average molecular weight is 226 g/mol. The van der Waals surface area contributed by atoms with Gasteiger partial charge in [-0.15, -0.1) is 34.5 Å². The zero-order valence-electron chi connectivity index (χ0n) is 11.2. The van der Waals surface area contributed by atoms with Crippen molar-refractivity contribution in [3.8, 4) is 11.1 Å². The summed E-state index contributed by atoms with van der Waals surface area (Å²) < 4.78 is 0. The molecule has 0 aliphatic rings. The summed E-state index contributed by atoms with van der Waals surface area (Å²) in [6.45, 7) is 4.34. The molecule has 0 unspecified atom stereocenters. The molecule has 3 aromatic carbocycles. The Morgan fingerprint density at radius 1 is 0.889 bits per heavy atom. The summed E-state index contributed by atoms with van der Waals surface area (Å²) in [4.78, 5) is 0. The molecule has 0 spiro atoms. The molecule has 0 amide bonds. The van der Waals surface area contributed by atoms with Crippen LogP contribution in [0, 0.1) is 13.8 Å². The van der Waals surface area contributed by atoms with Gasteiger partial charge in [0.1, 0.15) is 0 Å². The van der Waals surface area contributed by atoms with Gasteiger partial charge in [-0.3, -0.25) is 0 Å². The maximum atomic E-state index is 2.28. The zero-order valence-corrected chi connectivity index (χ0v) is 11.2. The summed E-state index contributed by atoms with van der Waals surface area (Å²) in [6.07, 6.45) is 0. The predicted molar refractivity (Wildman–Crippen MR) is 74.5 cm³/mol. The van der Waals surface area contributed by atoms with E-state index in [1.807, 2.05) is 0 Å². The fraction of sp³-hybridized carbons (Fsp3) is 0.118. The van der Waals surface area contributed by atoms with E-state index in [-0.39, 0.29) is 18.9 Å². The summed E-state index contributed by atoms with van der Waals surface area (Å²) in [5.74, 6) is 0. The van der Waals surface area contributed by atoms with Gasteiger partial charge in [0.05, 0.1) is 0 Å². The van der Waals surface area contributed by atoms with E-state index in [0.29, 0.717) is 0 Å². The van der Waals surface area contributed by atoms with Gasteiger partial charge in [0.2, 0.25) is 0 Å². The van der Waals surface area contributed by atoms with Crippen molar-refractivity contribution in [1.29, 1.82) is 0 Å². The van der Waals surface area contributed by atoms with Crippen LogP contribution in [0.3, 0.4) is 0 Å². The van der Waals surface area contributed by atoms with E-state index in [2.05, 4.69) is 68.4 Å². The third-order valence-electron chi connectivity index (χ3n) is 3.31. The summed E-state index contributed by atoms with van der Waals surface area (Å²) in [7, 11) is 0. The van der Waals surface area contributed by atoms with Crippen molar-refractivity contribution in [1.82, 2.24) is 0 Å². The largest absolute Gasteiger partial charge is 1.00 e. The van der Waals surface area contributed by atoms with Crippen LogP contribution in [-0.2, 0) is 0 Å². The van der Waals surface area contributed by atoms with E-state index in [9.17, 15) is 0 Å². The second kappa shape index (κ2) is 5.10. The van der Waals surface area contributed by atoms with E-state index in [1.165, 1.54) is 33.0 Å². The van der Waals surface area contributed by atoms with Crippen LogP contribution in [-0.4, -0.2) is 0 Å². The van der Waals surface area contributed by atoms with E-state index in [1.54, 1.807) is 0 Å². The molecule has 0 aliphatic carbocycles. The Bertz CT molecular complexity index is 663. The molecule has 0 aromatic heterocycles. The van der Waals surface area contributed by atoms with E-state index in [4.69, 9.17) is 0 Å². The van der Waals surface area contributed by atoms with Crippen LogP contribution in [0.15, 0.2) is 54.6 Å². The average Bonchev–Trinajstić information content (AvgIpc) is 2.70. The Morgan fingerprint density at radius 3 is 2.33 bits per heavy atom. The molecule has 0 saturated heterocycles. The molecule has 0 aliphatic heterocycles. The Hall–Kier alpha value is -1.35. The molecule has 0 N–H and O–H groups in total. The van der Waals surface area contributed by atoms with Crippen LogP contribution < -0.4 is 18.9 Å². The SMILES string of the molecule is Cc1cc2c(-c3ccccc3)c(C)ccc2[cH-]1.[Li+]. The van der Waals surface area contributed by atoms with Crippen molar-refractivity contribution in [2.24, 2.45) is 0 Å². The van der Waals surface area contributed by atoms with Gasteiger partial charge in [0.15, 0.2) is 0 Å². The van der Waals surface area contributed by atoms with Gasteiger partial charge in [0.25, 0.3) is 0 Å². The molecule has 1 heteroatoms. The fourth-order valence-corrected chi connectivity index (χ4v) is 2.53. The number of aryl methyl sites for hydroxylation is 2. The maximum absolute atomic E-state index is 2.28. The first-order valence-corrected chi connectivity index (χ1v) is 5.98. The van der Waals surface area contributed by atoms with Crippen LogP contribution in [0.1, 0.15) is 11.1 Å². The van der Waals surface area contributed by atoms with Crippen molar-refractivity contribution < 1.29 is 18.9 Å². The van der Waals surface area contributed by atoms with E-state index in [0.717, 1.165) is 0 Å². The minimum Gasteiger partial charge on any atom is -0.165 e. The molecule has 3 rings (SSSR count). The Morgan fingerprint density at radius 2 is 1.61 bits per heavy atom. The van der Waals surface area contributed by atoms with Gasteiger partial charge >= 0.3 is 18.9 Å². The van der Waals surface area contributed by atoms with E-state index >= 15 is 0 Å². The van der Waals surface area contributed by atoms with Crippen LogP contribution in [0.25, 0.3) is 21.9 Å². The third-order valence-corrected chi connectivity index (χ3v) is 3.31. The molecule has 0 radical (unpaired) electrons. The number of benzene rings is 2. The molecule has 0 saturated carbocycles. The second-order valence-electron chi connectivity index (χ2n) is 4.66. The van der Waals surface area contributed by atoms with Crippen molar-refractivity contribution in [3.05, 3.63) is 65.7 Å². The first-order chi connectivity index (χ1) is 8.25. The van der Waals surface area contributed by atoms with Gasteiger partial charge in [-0.25, -0.2) is 0 Å². The summed E-state index contributed by atoms with van der Waals surface area (Å²) in [5, 5.41) is 2.71. The normalized spacial score (nSPS) is 10.3. The minimum absolute atomic E-state index is 0. The molecule has 0 heterocycles. The summed E-state index contributed by atoms with van der Waals surface area (Å²) in [6, 6.07) is 19.6. The monoisotopic (exact) mass is 226 g/mol. The Kier molecular flexibility index (Phi) is 3.71. The summed E-state index contributed by atoms with van der Waals surface area (Å²) >= 11 is 0. The quantitative estimate of drug-likeness (QED) is 0.439. The van der Waals surface area contributed by atoms with Gasteiger partial charge in [-0.1, -0.05) is 48.4 Å². The fourth-order valence-electron chi connectivity index (χ4n) is 2.53. The van der Waals surface area contributed by atoms with Gasteiger partial charge in [-0.2, -0.15) is 6.07 Å². The van der Waals surface area contributed by atoms with Crippen molar-refractivity contribution >= 4 is 10.8 Å². The number of fused-ring (bicyclic) bond motifs is 1. The molecule has 0 atom stereocenters. The van der Waals surface area contributed by atoms with Gasteiger partial charge < -0.3 is 0 Å². The first-order valence-electron chi connectivity index (χ1n) is 5.98.